The molecule has 0 aliphatic carbocycles. The molecule has 0 unspecified atom stereocenters. The molecule has 5 rings (SSSR count). The van der Waals surface area contributed by atoms with Crippen molar-refractivity contribution in [3.63, 3.8) is 0 Å². The van der Waals surface area contributed by atoms with Gasteiger partial charge in [0.25, 0.3) is 5.56 Å². The molecule has 1 aromatic heterocycles. The molecular weight excluding hydrogens is 600 g/mol. The third kappa shape index (κ3) is 6.74. The third-order valence-electron chi connectivity index (χ3n) is 6.88. The summed E-state index contributed by atoms with van der Waals surface area (Å²) in [6.07, 6.45) is 1.46. The number of fused-ring (bicyclic) bond motifs is 1. The number of hydrogen-bond acceptors (Lipinski definition) is 8. The topological polar surface area (TPSA) is 88.4 Å². The van der Waals surface area contributed by atoms with Gasteiger partial charge < -0.3 is 18.9 Å². The number of thiazole rings is 1. The van der Waals surface area contributed by atoms with E-state index < -0.39 is 12.0 Å². The number of allylic oxidation sites excluding steroid dienone is 1. The number of benzene rings is 3. The lowest BCUT2D eigenvalue weighted by atomic mass is 9.96. The Labute approximate surface area is 264 Å². The number of nitrogens with zero attached hydrogens (tertiary/aromatic N) is 2. The van der Waals surface area contributed by atoms with Gasteiger partial charge in [0, 0.05) is 5.02 Å². The van der Waals surface area contributed by atoms with Gasteiger partial charge in [-0.05, 0) is 86.9 Å². The second-order valence-electron chi connectivity index (χ2n) is 10.4. The molecule has 1 atom stereocenters. The van der Waals surface area contributed by atoms with Crippen molar-refractivity contribution in [1.82, 2.24) is 4.57 Å². The molecule has 228 valence electrons. The number of carbonyl (C=O) groups excluding carboxylic acids is 1. The van der Waals surface area contributed by atoms with Crippen LogP contribution in [0.4, 0.5) is 0 Å². The van der Waals surface area contributed by atoms with Crippen molar-refractivity contribution in [3.8, 4) is 17.2 Å². The van der Waals surface area contributed by atoms with Crippen LogP contribution >= 0.6 is 22.9 Å². The van der Waals surface area contributed by atoms with Crippen LogP contribution in [-0.2, 0) is 16.1 Å². The second kappa shape index (κ2) is 13.5. The predicted molar refractivity (Wildman–Crippen MR) is 171 cm³/mol. The summed E-state index contributed by atoms with van der Waals surface area (Å²) in [5.74, 6) is 1.29. The van der Waals surface area contributed by atoms with E-state index in [4.69, 9.17) is 30.5 Å². The Morgan fingerprint density at radius 1 is 1.05 bits per heavy atom. The van der Waals surface area contributed by atoms with Crippen LogP contribution in [0.25, 0.3) is 6.08 Å². The van der Waals surface area contributed by atoms with Crippen LogP contribution in [0.1, 0.15) is 50.4 Å². The number of hydrogen-bond donors (Lipinski definition) is 0. The van der Waals surface area contributed by atoms with Gasteiger partial charge in [0.2, 0.25) is 0 Å². The molecular formula is C34H33ClN2O6S. The van der Waals surface area contributed by atoms with E-state index in [1.165, 1.54) is 11.3 Å². The van der Waals surface area contributed by atoms with Gasteiger partial charge in [0.05, 0.1) is 41.7 Å². The van der Waals surface area contributed by atoms with Crippen molar-refractivity contribution >= 4 is 35.0 Å². The Bertz CT molecular complexity index is 1870. The number of carbonyl (C=O) groups is 1. The maximum absolute atomic E-state index is 14.0. The fourth-order valence-electron chi connectivity index (χ4n) is 4.87. The first kappa shape index (κ1) is 31.1. The van der Waals surface area contributed by atoms with Crippen LogP contribution < -0.4 is 29.1 Å². The molecule has 0 fully saturated rings. The standard InChI is InChI=1S/C34H33ClN2O6S/c1-6-41-26-14-10-24(11-15-26)31-30(33(39)43-20(2)3)21(4)36-34-37(31)32(38)29(44-34)18-23-9-16-27(28(17-23)40-5)42-19-22-7-12-25(35)13-8-22/h7-18,20,31H,6,19H2,1-5H3/b29-18+/t31-/m0/s1. The van der Waals surface area contributed by atoms with Crippen LogP contribution in [0.3, 0.4) is 0 Å². The molecule has 10 heteroatoms. The minimum absolute atomic E-state index is 0.267. The zero-order valence-electron chi connectivity index (χ0n) is 25.1. The highest BCUT2D eigenvalue weighted by molar-refractivity contribution is 7.07. The Hall–Kier alpha value is -4.34. The number of ether oxygens (including phenoxy) is 4. The number of rotatable bonds is 10. The minimum atomic E-state index is -0.714. The summed E-state index contributed by atoms with van der Waals surface area (Å²) >= 11 is 7.24. The molecule has 1 aliphatic heterocycles. The van der Waals surface area contributed by atoms with Crippen LogP contribution in [0.5, 0.6) is 17.2 Å². The number of halogens is 1. The summed E-state index contributed by atoms with van der Waals surface area (Å²) in [5.41, 5.74) is 3.03. The highest BCUT2D eigenvalue weighted by Gasteiger charge is 2.33. The number of aromatic nitrogens is 1. The third-order valence-corrected chi connectivity index (χ3v) is 8.12. The molecule has 0 bridgehead atoms. The van der Waals surface area contributed by atoms with E-state index in [1.54, 1.807) is 38.5 Å². The van der Waals surface area contributed by atoms with Crippen LogP contribution in [-0.4, -0.2) is 30.4 Å². The summed E-state index contributed by atoms with van der Waals surface area (Å²) in [6.45, 7) is 8.13. The van der Waals surface area contributed by atoms with Gasteiger partial charge in [-0.2, -0.15) is 0 Å². The second-order valence-corrected chi connectivity index (χ2v) is 11.8. The molecule has 44 heavy (non-hydrogen) atoms. The summed E-state index contributed by atoms with van der Waals surface area (Å²) in [7, 11) is 1.57. The van der Waals surface area contributed by atoms with Gasteiger partial charge in [0.15, 0.2) is 16.3 Å². The lowest BCUT2D eigenvalue weighted by molar-refractivity contribution is -0.143. The molecule has 1 aliphatic rings. The van der Waals surface area contributed by atoms with Crippen molar-refractivity contribution in [3.05, 3.63) is 119 Å². The molecule has 0 saturated carbocycles. The number of esters is 1. The summed E-state index contributed by atoms with van der Waals surface area (Å²) < 4.78 is 24.8. The molecule has 0 amide bonds. The maximum Gasteiger partial charge on any atom is 0.338 e. The average Bonchev–Trinajstić information content (AvgIpc) is 3.30. The van der Waals surface area contributed by atoms with E-state index >= 15 is 0 Å². The number of methoxy groups -OCH3 is 1. The SMILES string of the molecule is CCOc1ccc([C@H]2C(C(=O)OC(C)C)=C(C)N=c3s/c(=C/c4ccc(OCc5ccc(Cl)cc5)c(OC)c4)c(=O)n32)cc1. The highest BCUT2D eigenvalue weighted by atomic mass is 35.5. The van der Waals surface area contributed by atoms with Crippen molar-refractivity contribution in [2.45, 2.75) is 46.4 Å². The molecule has 0 radical (unpaired) electrons. The van der Waals surface area contributed by atoms with E-state index in [0.717, 1.165) is 16.7 Å². The maximum atomic E-state index is 14.0. The molecule has 0 N–H and O–H groups in total. The normalized spacial score (nSPS) is 14.7. The van der Waals surface area contributed by atoms with Crippen LogP contribution in [0.2, 0.25) is 5.02 Å². The summed E-state index contributed by atoms with van der Waals surface area (Å²) in [6, 6.07) is 19.6. The fraction of sp³-hybridized carbons (Fsp3) is 0.265. The van der Waals surface area contributed by atoms with Crippen molar-refractivity contribution < 1.29 is 23.7 Å². The molecule has 0 saturated heterocycles. The largest absolute Gasteiger partial charge is 0.494 e. The lowest BCUT2D eigenvalue weighted by Gasteiger charge is -2.25. The quantitative estimate of drug-likeness (QED) is 0.205. The molecule has 3 aromatic carbocycles. The van der Waals surface area contributed by atoms with Gasteiger partial charge >= 0.3 is 5.97 Å². The van der Waals surface area contributed by atoms with E-state index in [0.29, 0.717) is 56.1 Å². The molecule has 2 heterocycles. The Balaban J connectivity index is 1.53. The fourth-order valence-corrected chi connectivity index (χ4v) is 6.05. The van der Waals surface area contributed by atoms with Crippen molar-refractivity contribution in [1.29, 1.82) is 0 Å². The van der Waals surface area contributed by atoms with Gasteiger partial charge in [-0.1, -0.05) is 53.3 Å². The van der Waals surface area contributed by atoms with Gasteiger partial charge in [0.1, 0.15) is 12.4 Å². The average molecular weight is 633 g/mol. The predicted octanol–water partition coefficient (Wildman–Crippen LogP) is 5.83. The van der Waals surface area contributed by atoms with Crippen molar-refractivity contribution in [2.75, 3.05) is 13.7 Å². The van der Waals surface area contributed by atoms with E-state index in [1.807, 2.05) is 73.7 Å². The minimum Gasteiger partial charge on any atom is -0.494 e. The van der Waals surface area contributed by atoms with Gasteiger partial charge in [-0.15, -0.1) is 0 Å². The molecule has 8 nitrogen and oxygen atoms in total. The van der Waals surface area contributed by atoms with Gasteiger partial charge in [-0.3, -0.25) is 9.36 Å². The van der Waals surface area contributed by atoms with Crippen LogP contribution in [0.15, 0.2) is 87.8 Å². The lowest BCUT2D eigenvalue weighted by Crippen LogP contribution is -2.40. The molecule has 0 spiro atoms. The first-order valence-corrected chi connectivity index (χ1v) is 15.4. The zero-order valence-corrected chi connectivity index (χ0v) is 26.7. The Morgan fingerprint density at radius 2 is 1.77 bits per heavy atom. The smallest absolute Gasteiger partial charge is 0.338 e. The summed E-state index contributed by atoms with van der Waals surface area (Å²) in [5, 5.41) is 0.661. The summed E-state index contributed by atoms with van der Waals surface area (Å²) in [4.78, 5) is 32.5. The Morgan fingerprint density at radius 3 is 2.43 bits per heavy atom. The Kier molecular flexibility index (Phi) is 9.56. The molecule has 4 aromatic rings. The first-order chi connectivity index (χ1) is 21.2. The van der Waals surface area contributed by atoms with Crippen LogP contribution in [0, 0.1) is 0 Å². The van der Waals surface area contributed by atoms with Gasteiger partial charge in [-0.25, -0.2) is 9.79 Å². The highest BCUT2D eigenvalue weighted by Crippen LogP contribution is 2.32. The van der Waals surface area contributed by atoms with E-state index in [-0.39, 0.29) is 11.7 Å². The monoisotopic (exact) mass is 632 g/mol. The first-order valence-electron chi connectivity index (χ1n) is 14.2. The van der Waals surface area contributed by atoms with E-state index in [9.17, 15) is 9.59 Å². The van der Waals surface area contributed by atoms with E-state index in [2.05, 4.69) is 4.99 Å². The van der Waals surface area contributed by atoms with Crippen molar-refractivity contribution in [2.24, 2.45) is 4.99 Å². The zero-order chi connectivity index (χ0) is 31.4.